The fourth-order valence-electron chi connectivity index (χ4n) is 0.0833. The van der Waals surface area contributed by atoms with Gasteiger partial charge in [-0.2, -0.15) is 0 Å². The van der Waals surface area contributed by atoms with Crippen LogP contribution in [0.1, 0.15) is 41.5 Å². The van der Waals surface area contributed by atoms with Crippen LogP contribution in [0.4, 0.5) is 0 Å². The number of hydrogen-bond donors (Lipinski definition) is 0. The molecule has 0 aromatic rings. The summed E-state index contributed by atoms with van der Waals surface area (Å²) < 4.78 is 2.90. The summed E-state index contributed by atoms with van der Waals surface area (Å²) in [5.74, 6) is 0. The molecule has 0 heterocycles. The molecule has 0 aliphatic heterocycles. The van der Waals surface area contributed by atoms with Crippen molar-refractivity contribution >= 4 is 83.7 Å². The third-order valence-electron chi connectivity index (χ3n) is 1.94. The molecule has 18 heavy (non-hydrogen) atoms. The Labute approximate surface area is 158 Å². The van der Waals surface area contributed by atoms with E-state index in [0.717, 1.165) is 1.51 Å². The second kappa shape index (κ2) is 14.8. The van der Waals surface area contributed by atoms with Crippen molar-refractivity contribution in [3.8, 4) is 0 Å². The zero-order valence-electron chi connectivity index (χ0n) is 13.8. The molecular weight excluding hydrogens is 679 g/mol. The Balaban J connectivity index is -0.000000190. The molecular formula is C14H32Te4. The molecule has 4 heteroatoms. The molecule has 0 radical (unpaired) electrons. The zero-order chi connectivity index (χ0) is 15.4. The minimum atomic E-state index is 0.216. The van der Waals surface area contributed by atoms with Gasteiger partial charge in [0, 0.05) is 0 Å². The van der Waals surface area contributed by atoms with Gasteiger partial charge < -0.3 is 0 Å². The quantitative estimate of drug-likeness (QED) is 0.367. The van der Waals surface area contributed by atoms with Crippen LogP contribution < -0.4 is 0 Å². The summed E-state index contributed by atoms with van der Waals surface area (Å²) in [6.45, 7) is 17.5. The molecule has 0 aliphatic rings. The van der Waals surface area contributed by atoms with Crippen LogP contribution in [-0.4, -0.2) is 83.7 Å². The van der Waals surface area contributed by atoms with Gasteiger partial charge in [-0.1, -0.05) is 0 Å². The van der Waals surface area contributed by atoms with E-state index >= 15 is 0 Å². The van der Waals surface area contributed by atoms with Crippen molar-refractivity contribution in [1.82, 2.24) is 0 Å². The van der Waals surface area contributed by atoms with E-state index in [2.05, 4.69) is 68.0 Å². The van der Waals surface area contributed by atoms with Crippen LogP contribution in [0, 0.1) is 0 Å². The van der Waals surface area contributed by atoms with Crippen molar-refractivity contribution in [3.63, 3.8) is 0 Å². The first-order valence-electron chi connectivity index (χ1n) is 5.80. The van der Waals surface area contributed by atoms with Crippen LogP contribution in [0.15, 0.2) is 10.2 Å². The van der Waals surface area contributed by atoms with Crippen molar-refractivity contribution in [2.24, 2.45) is 0 Å². The predicted molar refractivity (Wildman–Crippen MR) is 95.0 cm³/mol. The normalized spacial score (nSPS) is 10.8. The Hall–Kier alpha value is 2.90. The van der Waals surface area contributed by atoms with Gasteiger partial charge in [0.2, 0.25) is 0 Å². The standard InChI is InChI=1S/C5H12Te2.C5H12Te.C4H8Te/c1-5(2,6-3)7-4;1-5(2,3)6-4;1-4(2)5-3/h1-4H3;1-4H3;1H2,2-3H3. The molecule has 0 aliphatic carbocycles. The van der Waals surface area contributed by atoms with Gasteiger partial charge >= 0.3 is 160 Å². The van der Waals surface area contributed by atoms with E-state index in [-0.39, 0.29) is 20.9 Å². The van der Waals surface area contributed by atoms with Crippen LogP contribution in [0.2, 0.25) is 24.9 Å². The van der Waals surface area contributed by atoms with Gasteiger partial charge in [-0.15, -0.1) is 0 Å². The number of hydrogen-bond acceptors (Lipinski definition) is 0. The van der Waals surface area contributed by atoms with Crippen molar-refractivity contribution in [2.45, 2.75) is 66.4 Å². The van der Waals surface area contributed by atoms with Crippen LogP contribution in [0.25, 0.3) is 0 Å². The van der Waals surface area contributed by atoms with E-state index in [9.17, 15) is 0 Å². The number of allylic oxidation sites excluding steroid dienone is 1. The van der Waals surface area contributed by atoms with Crippen LogP contribution >= 0.6 is 0 Å². The van der Waals surface area contributed by atoms with Crippen LogP contribution in [0.5, 0.6) is 0 Å². The first-order valence-corrected chi connectivity index (χ1v) is 19.8. The van der Waals surface area contributed by atoms with Crippen molar-refractivity contribution in [3.05, 3.63) is 10.2 Å². The summed E-state index contributed by atoms with van der Waals surface area (Å²) in [7, 11) is 0. The monoisotopic (exact) mass is 720 g/mol. The van der Waals surface area contributed by atoms with Gasteiger partial charge in [0.05, 0.1) is 0 Å². The summed E-state index contributed by atoms with van der Waals surface area (Å²) in [4.78, 5) is 9.37. The van der Waals surface area contributed by atoms with E-state index in [1.807, 2.05) is 0 Å². The second-order valence-corrected chi connectivity index (χ2v) is 23.5. The molecule has 112 valence electrons. The molecule has 0 unspecified atom stereocenters. The zero-order valence-corrected chi connectivity index (χ0v) is 23.2. The topological polar surface area (TPSA) is 0 Å². The Morgan fingerprint density at radius 1 is 0.778 bits per heavy atom. The average Bonchev–Trinajstić information content (AvgIpc) is 2.29. The van der Waals surface area contributed by atoms with Crippen LogP contribution in [0.3, 0.4) is 0 Å². The third kappa shape index (κ3) is 31.3. The third-order valence-corrected chi connectivity index (χ3v) is 19.4. The van der Waals surface area contributed by atoms with Gasteiger partial charge in [-0.05, 0) is 0 Å². The van der Waals surface area contributed by atoms with E-state index < -0.39 is 0 Å². The van der Waals surface area contributed by atoms with Crippen molar-refractivity contribution < 1.29 is 0 Å². The van der Waals surface area contributed by atoms with Crippen molar-refractivity contribution in [1.29, 1.82) is 0 Å². The van der Waals surface area contributed by atoms with E-state index in [0.29, 0.717) is 66.2 Å². The second-order valence-electron chi connectivity index (χ2n) is 5.03. The SMILES string of the molecule is C=C(C)[Te]C.C[Te]C(C)(C)C.C[Te]C(C)(C)[Te]C. The maximum atomic E-state index is 3.73. The Bertz CT molecular complexity index is 186. The molecule has 0 aromatic heterocycles. The molecule has 0 N–H and O–H groups in total. The molecule has 0 amide bonds. The first-order chi connectivity index (χ1) is 7.95. The number of rotatable bonds is 3. The maximum absolute atomic E-state index is 3.73. The molecule has 0 saturated carbocycles. The molecule has 0 bridgehead atoms. The van der Waals surface area contributed by atoms with Crippen molar-refractivity contribution in [2.75, 3.05) is 0 Å². The van der Waals surface area contributed by atoms with E-state index in [1.165, 1.54) is 3.62 Å². The molecule has 0 saturated heterocycles. The van der Waals surface area contributed by atoms with Gasteiger partial charge in [0.1, 0.15) is 0 Å². The summed E-state index contributed by atoms with van der Waals surface area (Å²) >= 11 is 1.27. The molecule has 0 atom stereocenters. The fraction of sp³-hybridized carbons (Fsp3) is 0.857. The molecule has 0 spiro atoms. The van der Waals surface area contributed by atoms with Gasteiger partial charge in [-0.25, -0.2) is 0 Å². The van der Waals surface area contributed by atoms with Crippen LogP contribution in [-0.2, 0) is 0 Å². The van der Waals surface area contributed by atoms with Gasteiger partial charge in [-0.3, -0.25) is 0 Å². The van der Waals surface area contributed by atoms with E-state index in [4.69, 9.17) is 0 Å². The fourth-order valence-corrected chi connectivity index (χ4v) is 3.75. The minimum absolute atomic E-state index is 0.216. The summed E-state index contributed by atoms with van der Waals surface area (Å²) in [6.07, 6.45) is 0. The summed E-state index contributed by atoms with van der Waals surface area (Å²) in [6, 6.07) is 0. The molecule has 0 fully saturated rings. The predicted octanol–water partition coefficient (Wildman–Crippen LogP) is 4.88. The molecule has 0 rings (SSSR count). The average molecular weight is 711 g/mol. The molecule has 0 aromatic carbocycles. The Morgan fingerprint density at radius 2 is 1.00 bits per heavy atom. The van der Waals surface area contributed by atoms with Gasteiger partial charge in [0.15, 0.2) is 0 Å². The van der Waals surface area contributed by atoms with E-state index in [1.54, 1.807) is 0 Å². The summed E-state index contributed by atoms with van der Waals surface area (Å²) in [5.41, 5.74) is 0. The Morgan fingerprint density at radius 3 is 1.00 bits per heavy atom. The van der Waals surface area contributed by atoms with Gasteiger partial charge in [0.25, 0.3) is 0 Å². The first kappa shape index (κ1) is 25.8. The Kier molecular flexibility index (Phi) is 21.3. The summed E-state index contributed by atoms with van der Waals surface area (Å²) in [5, 5.41) is 0. The molecule has 0 nitrogen and oxygen atoms in total.